The normalized spacial score (nSPS) is 10.8. The summed E-state index contributed by atoms with van der Waals surface area (Å²) in [5.74, 6) is 0. The highest BCUT2D eigenvalue weighted by Gasteiger charge is 2.04. The molecule has 0 atom stereocenters. The van der Waals surface area contributed by atoms with E-state index in [4.69, 9.17) is 0 Å². The first-order chi connectivity index (χ1) is 18.7. The first kappa shape index (κ1) is 33.8. The second-order valence-corrected chi connectivity index (χ2v) is 10.7. The number of benzene rings is 1. The van der Waals surface area contributed by atoms with E-state index < -0.39 is 0 Å². The molecule has 0 aromatic heterocycles. The number of rotatable bonds is 24. The summed E-state index contributed by atoms with van der Waals surface area (Å²) in [6.07, 6.45) is 25.7. The van der Waals surface area contributed by atoms with Crippen LogP contribution in [0.3, 0.4) is 0 Å². The second-order valence-electron chi connectivity index (χ2n) is 10.7. The minimum absolute atomic E-state index is 0.184. The predicted octanol–water partition coefficient (Wildman–Crippen LogP) is 9.77. The predicted molar refractivity (Wildman–Crippen MR) is 164 cm³/mol. The van der Waals surface area contributed by atoms with Crippen LogP contribution in [0.2, 0.25) is 0 Å². The average Bonchev–Trinajstić information content (AvgIpc) is 2.91. The van der Waals surface area contributed by atoms with E-state index in [9.17, 15) is 9.59 Å². The highest BCUT2D eigenvalue weighted by molar-refractivity contribution is 5.91. The number of amides is 4. The van der Waals surface area contributed by atoms with Crippen LogP contribution in [-0.2, 0) is 0 Å². The largest absolute Gasteiger partial charge is 0.338 e. The van der Waals surface area contributed by atoms with E-state index in [0.29, 0.717) is 24.5 Å². The van der Waals surface area contributed by atoms with Crippen LogP contribution in [0.4, 0.5) is 21.0 Å². The van der Waals surface area contributed by atoms with Crippen LogP contribution in [0.1, 0.15) is 142 Å². The molecule has 0 spiro atoms. The third kappa shape index (κ3) is 20.8. The molecule has 1 aromatic carbocycles. The molecule has 6 heteroatoms. The number of anilines is 2. The minimum Gasteiger partial charge on any atom is -0.338 e. The van der Waals surface area contributed by atoms with Crippen LogP contribution >= 0.6 is 0 Å². The molecular weight excluding hydrogens is 472 g/mol. The van der Waals surface area contributed by atoms with Gasteiger partial charge < -0.3 is 21.3 Å². The molecule has 0 saturated carbocycles. The molecule has 0 radical (unpaired) electrons. The van der Waals surface area contributed by atoms with Gasteiger partial charge in [0.05, 0.1) is 0 Å². The van der Waals surface area contributed by atoms with Crippen molar-refractivity contribution in [1.29, 1.82) is 0 Å². The zero-order chi connectivity index (χ0) is 27.5. The van der Waals surface area contributed by atoms with E-state index in [0.717, 1.165) is 25.7 Å². The Balaban J connectivity index is 2.01. The fraction of sp³-hybridized carbons (Fsp3) is 0.750. The van der Waals surface area contributed by atoms with Crippen molar-refractivity contribution in [1.82, 2.24) is 10.6 Å². The standard InChI is InChI=1S/C32H58N4O2/c1-3-5-7-9-11-13-15-17-19-21-27-33-31(37)35-29-23-25-30(26-24-29)36-32(38)34-28-22-20-18-16-14-12-10-8-6-4-2/h23-26H,3-22,27-28H2,1-2H3,(H2,33,35,37)(H2,34,36,38). The zero-order valence-electron chi connectivity index (χ0n) is 24.7. The highest BCUT2D eigenvalue weighted by atomic mass is 16.2. The van der Waals surface area contributed by atoms with Crippen molar-refractivity contribution in [3.63, 3.8) is 0 Å². The molecule has 4 amide bonds. The van der Waals surface area contributed by atoms with Gasteiger partial charge in [0.25, 0.3) is 0 Å². The molecule has 0 aliphatic rings. The Morgan fingerprint density at radius 1 is 0.447 bits per heavy atom. The molecule has 0 saturated heterocycles. The van der Waals surface area contributed by atoms with Crippen molar-refractivity contribution < 1.29 is 9.59 Å². The van der Waals surface area contributed by atoms with Crippen molar-refractivity contribution in [3.05, 3.63) is 24.3 Å². The number of carbonyl (C=O) groups excluding carboxylic acids is 2. The van der Waals surface area contributed by atoms with Gasteiger partial charge in [-0.05, 0) is 37.1 Å². The molecule has 0 fully saturated rings. The molecule has 0 aliphatic heterocycles. The first-order valence-electron chi connectivity index (χ1n) is 15.9. The molecule has 1 rings (SSSR count). The number of carbonyl (C=O) groups is 2. The summed E-state index contributed by atoms with van der Waals surface area (Å²) in [7, 11) is 0. The lowest BCUT2D eigenvalue weighted by atomic mass is 10.1. The number of unbranched alkanes of at least 4 members (excludes halogenated alkanes) is 18. The first-order valence-corrected chi connectivity index (χ1v) is 15.9. The summed E-state index contributed by atoms with van der Waals surface area (Å²) in [6, 6.07) is 6.85. The van der Waals surface area contributed by atoms with Crippen LogP contribution in [0.25, 0.3) is 0 Å². The van der Waals surface area contributed by atoms with Crippen molar-refractivity contribution in [3.8, 4) is 0 Å². The Morgan fingerprint density at radius 3 is 1.00 bits per heavy atom. The molecule has 6 nitrogen and oxygen atoms in total. The molecule has 218 valence electrons. The zero-order valence-corrected chi connectivity index (χ0v) is 24.7. The van der Waals surface area contributed by atoms with Gasteiger partial charge in [0.1, 0.15) is 0 Å². The fourth-order valence-corrected chi connectivity index (χ4v) is 4.62. The third-order valence-electron chi connectivity index (χ3n) is 7.03. The maximum absolute atomic E-state index is 12.1. The highest BCUT2D eigenvalue weighted by Crippen LogP contribution is 2.14. The SMILES string of the molecule is CCCCCCCCCCCCNC(=O)Nc1ccc(NC(=O)NCCCCCCCCCCCC)cc1. The summed E-state index contributed by atoms with van der Waals surface area (Å²) < 4.78 is 0. The Kier molecular flexibility index (Phi) is 22.3. The van der Waals surface area contributed by atoms with Gasteiger partial charge in [-0.2, -0.15) is 0 Å². The van der Waals surface area contributed by atoms with Gasteiger partial charge in [0, 0.05) is 24.5 Å². The lowest BCUT2D eigenvalue weighted by Gasteiger charge is -2.10. The molecular formula is C32H58N4O2. The molecule has 0 unspecified atom stereocenters. The van der Waals surface area contributed by atoms with Gasteiger partial charge in [-0.1, -0.05) is 129 Å². The fourth-order valence-electron chi connectivity index (χ4n) is 4.62. The lowest BCUT2D eigenvalue weighted by molar-refractivity contribution is 0.251. The second kappa shape index (κ2) is 25.1. The molecule has 0 heterocycles. The van der Waals surface area contributed by atoms with Crippen molar-refractivity contribution in [2.45, 2.75) is 142 Å². The van der Waals surface area contributed by atoms with Crippen molar-refractivity contribution in [2.75, 3.05) is 23.7 Å². The molecule has 0 aliphatic carbocycles. The Labute approximate surface area is 233 Å². The number of nitrogens with one attached hydrogen (secondary N) is 4. The summed E-state index contributed by atoms with van der Waals surface area (Å²) in [5, 5.41) is 11.6. The van der Waals surface area contributed by atoms with E-state index in [-0.39, 0.29) is 12.1 Å². The molecule has 0 bridgehead atoms. The monoisotopic (exact) mass is 530 g/mol. The smallest absolute Gasteiger partial charge is 0.319 e. The summed E-state index contributed by atoms with van der Waals surface area (Å²) in [4.78, 5) is 24.2. The van der Waals surface area contributed by atoms with E-state index in [2.05, 4.69) is 35.1 Å². The van der Waals surface area contributed by atoms with Crippen molar-refractivity contribution >= 4 is 23.4 Å². The third-order valence-corrected chi connectivity index (χ3v) is 7.03. The summed E-state index contributed by atoms with van der Waals surface area (Å²) >= 11 is 0. The van der Waals surface area contributed by atoms with Gasteiger partial charge >= 0.3 is 12.1 Å². The Morgan fingerprint density at radius 2 is 0.711 bits per heavy atom. The molecule has 4 N–H and O–H groups in total. The van der Waals surface area contributed by atoms with E-state index in [1.54, 1.807) is 24.3 Å². The van der Waals surface area contributed by atoms with Crippen LogP contribution in [-0.4, -0.2) is 25.2 Å². The van der Waals surface area contributed by atoms with Crippen LogP contribution in [0.5, 0.6) is 0 Å². The van der Waals surface area contributed by atoms with Gasteiger partial charge in [0.15, 0.2) is 0 Å². The van der Waals surface area contributed by atoms with E-state index >= 15 is 0 Å². The van der Waals surface area contributed by atoms with Crippen LogP contribution in [0, 0.1) is 0 Å². The quantitative estimate of drug-likeness (QED) is 0.100. The summed E-state index contributed by atoms with van der Waals surface area (Å²) in [5.41, 5.74) is 1.42. The lowest BCUT2D eigenvalue weighted by Crippen LogP contribution is -2.30. The molecule has 38 heavy (non-hydrogen) atoms. The Hall–Kier alpha value is -2.24. The topological polar surface area (TPSA) is 82.3 Å². The number of hydrogen-bond acceptors (Lipinski definition) is 2. The van der Waals surface area contributed by atoms with Gasteiger partial charge in [0.2, 0.25) is 0 Å². The van der Waals surface area contributed by atoms with Gasteiger partial charge in [-0.3, -0.25) is 0 Å². The average molecular weight is 531 g/mol. The Bertz CT molecular complexity index is 634. The minimum atomic E-state index is -0.184. The maximum atomic E-state index is 12.1. The number of hydrogen-bond donors (Lipinski definition) is 4. The van der Waals surface area contributed by atoms with Crippen LogP contribution in [0.15, 0.2) is 24.3 Å². The maximum Gasteiger partial charge on any atom is 0.319 e. The van der Waals surface area contributed by atoms with Crippen molar-refractivity contribution in [2.24, 2.45) is 0 Å². The summed E-state index contributed by atoms with van der Waals surface area (Å²) in [6.45, 7) is 5.90. The van der Waals surface area contributed by atoms with Gasteiger partial charge in [-0.25, -0.2) is 9.59 Å². The van der Waals surface area contributed by atoms with E-state index in [1.807, 2.05) is 0 Å². The van der Waals surface area contributed by atoms with Crippen LogP contribution < -0.4 is 21.3 Å². The van der Waals surface area contributed by atoms with E-state index in [1.165, 1.54) is 103 Å². The van der Waals surface area contributed by atoms with Gasteiger partial charge in [-0.15, -0.1) is 0 Å². The number of urea groups is 2. The molecule has 1 aromatic rings.